The molecule has 3 fully saturated rings. The highest BCUT2D eigenvalue weighted by Gasteiger charge is 2.38. The molecule has 0 spiro atoms. The molecule has 0 bridgehead atoms. The van der Waals surface area contributed by atoms with Gasteiger partial charge < -0.3 is 14.7 Å². The molecule has 25 heavy (non-hydrogen) atoms. The number of aliphatic hydroxyl groups is 1. The Morgan fingerprint density at radius 1 is 1.16 bits per heavy atom. The number of rotatable bonds is 5. The van der Waals surface area contributed by atoms with E-state index in [9.17, 15) is 9.90 Å². The zero-order chi connectivity index (χ0) is 17.6. The van der Waals surface area contributed by atoms with Crippen molar-refractivity contribution in [3.63, 3.8) is 0 Å². The lowest BCUT2D eigenvalue weighted by Gasteiger charge is -2.43. The molecule has 1 N–H and O–H groups in total. The van der Waals surface area contributed by atoms with Crippen LogP contribution in [0.15, 0.2) is 12.2 Å². The summed E-state index contributed by atoms with van der Waals surface area (Å²) in [6.45, 7) is 6.35. The number of hydrogen-bond donors (Lipinski definition) is 1. The van der Waals surface area contributed by atoms with E-state index in [-0.39, 0.29) is 18.0 Å². The number of morpholine rings is 1. The number of hydrogen-bond acceptors (Lipinski definition) is 5. The van der Waals surface area contributed by atoms with Gasteiger partial charge in [-0.05, 0) is 45.2 Å². The van der Waals surface area contributed by atoms with Crippen LogP contribution in [0.5, 0.6) is 0 Å². The fourth-order valence-electron chi connectivity index (χ4n) is 4.40. The van der Waals surface area contributed by atoms with Crippen LogP contribution in [0.3, 0.4) is 0 Å². The van der Waals surface area contributed by atoms with Gasteiger partial charge in [-0.2, -0.15) is 0 Å². The molecule has 6 heteroatoms. The smallest absolute Gasteiger partial charge is 0.246 e. The summed E-state index contributed by atoms with van der Waals surface area (Å²) in [5, 5.41) is 10.9. The molecule has 0 radical (unpaired) electrons. The van der Waals surface area contributed by atoms with E-state index in [2.05, 4.69) is 9.80 Å². The molecule has 1 amide bonds. The maximum absolute atomic E-state index is 12.5. The SMILES string of the molecule is CN(C(=O)C=CCN1CCOCC1)[C@@H]1CCC[C@@H](N2CCCC2)[C@@H]1O. The number of nitrogens with zero attached hydrogens (tertiary/aromatic N) is 3. The lowest BCUT2D eigenvalue weighted by molar-refractivity contribution is -0.132. The molecule has 0 aromatic rings. The Morgan fingerprint density at radius 2 is 1.88 bits per heavy atom. The van der Waals surface area contributed by atoms with Gasteiger partial charge in [-0.15, -0.1) is 0 Å². The van der Waals surface area contributed by atoms with Crippen molar-refractivity contribution in [3.05, 3.63) is 12.2 Å². The Balaban J connectivity index is 1.51. The topological polar surface area (TPSA) is 56.2 Å². The van der Waals surface area contributed by atoms with Gasteiger partial charge in [-0.25, -0.2) is 0 Å². The van der Waals surface area contributed by atoms with E-state index < -0.39 is 6.10 Å². The van der Waals surface area contributed by atoms with Gasteiger partial charge in [0.05, 0.1) is 25.4 Å². The van der Waals surface area contributed by atoms with Crippen LogP contribution in [0.4, 0.5) is 0 Å². The molecule has 6 nitrogen and oxygen atoms in total. The second kappa shape index (κ2) is 9.12. The average molecular weight is 351 g/mol. The molecule has 2 saturated heterocycles. The molecular weight excluding hydrogens is 318 g/mol. The fourth-order valence-corrected chi connectivity index (χ4v) is 4.40. The third-order valence-electron chi connectivity index (χ3n) is 5.97. The zero-order valence-corrected chi connectivity index (χ0v) is 15.5. The Morgan fingerprint density at radius 3 is 2.60 bits per heavy atom. The molecule has 0 aromatic carbocycles. The van der Waals surface area contributed by atoms with Crippen molar-refractivity contribution >= 4 is 5.91 Å². The predicted molar refractivity (Wildman–Crippen MR) is 97.4 cm³/mol. The van der Waals surface area contributed by atoms with Gasteiger partial charge in [-0.3, -0.25) is 14.6 Å². The van der Waals surface area contributed by atoms with E-state index in [0.29, 0.717) is 0 Å². The molecule has 3 aliphatic rings. The Kier molecular flexibility index (Phi) is 6.87. The fraction of sp³-hybridized carbons (Fsp3) is 0.842. The Bertz CT molecular complexity index is 459. The van der Waals surface area contributed by atoms with Crippen LogP contribution in [-0.4, -0.2) is 96.9 Å². The lowest BCUT2D eigenvalue weighted by atomic mass is 9.86. The van der Waals surface area contributed by atoms with Crippen molar-refractivity contribution in [2.45, 2.75) is 50.3 Å². The number of ether oxygens (including phenoxy) is 1. The second-order valence-corrected chi connectivity index (χ2v) is 7.56. The first-order valence-electron chi connectivity index (χ1n) is 9.82. The van der Waals surface area contributed by atoms with Crippen LogP contribution < -0.4 is 0 Å². The molecule has 1 saturated carbocycles. The number of carbonyl (C=O) groups excluding carboxylic acids is 1. The molecule has 3 atom stereocenters. The van der Waals surface area contributed by atoms with Gasteiger partial charge in [-0.1, -0.05) is 6.08 Å². The van der Waals surface area contributed by atoms with E-state index in [0.717, 1.165) is 65.2 Å². The van der Waals surface area contributed by atoms with Crippen molar-refractivity contribution in [1.82, 2.24) is 14.7 Å². The molecule has 0 aromatic heterocycles. The third kappa shape index (κ3) is 4.82. The van der Waals surface area contributed by atoms with E-state index in [4.69, 9.17) is 4.74 Å². The minimum absolute atomic E-state index is 0.000573. The van der Waals surface area contributed by atoms with Crippen LogP contribution in [0.1, 0.15) is 32.1 Å². The summed E-state index contributed by atoms with van der Waals surface area (Å²) in [6.07, 6.45) is 8.66. The molecule has 3 rings (SSSR count). The van der Waals surface area contributed by atoms with E-state index >= 15 is 0 Å². The van der Waals surface area contributed by atoms with Crippen LogP contribution in [0, 0.1) is 0 Å². The number of carbonyl (C=O) groups is 1. The van der Waals surface area contributed by atoms with Gasteiger partial charge in [0.15, 0.2) is 0 Å². The van der Waals surface area contributed by atoms with Gasteiger partial charge in [0.25, 0.3) is 0 Å². The minimum Gasteiger partial charge on any atom is -0.389 e. The summed E-state index contributed by atoms with van der Waals surface area (Å²) >= 11 is 0. The van der Waals surface area contributed by atoms with Crippen LogP contribution in [0.2, 0.25) is 0 Å². The number of aliphatic hydroxyl groups excluding tert-OH is 1. The lowest BCUT2D eigenvalue weighted by Crippen LogP contribution is -2.56. The first-order valence-corrected chi connectivity index (χ1v) is 9.82. The van der Waals surface area contributed by atoms with Gasteiger partial charge in [0.1, 0.15) is 0 Å². The first kappa shape index (κ1) is 18.8. The number of amides is 1. The molecule has 2 aliphatic heterocycles. The van der Waals surface area contributed by atoms with Gasteiger partial charge in [0, 0.05) is 38.8 Å². The van der Waals surface area contributed by atoms with Crippen LogP contribution >= 0.6 is 0 Å². The van der Waals surface area contributed by atoms with Crippen molar-refractivity contribution in [3.8, 4) is 0 Å². The molecule has 1 aliphatic carbocycles. The summed E-state index contributed by atoms with van der Waals surface area (Å²) in [6, 6.07) is 0.147. The molecule has 0 unspecified atom stereocenters. The standard InChI is InChI=1S/C19H33N3O3/c1-20(18(23)8-5-9-21-12-14-25-15-13-21)16-6-4-7-17(19(16)24)22-10-2-3-11-22/h5,8,16-17,19,24H,2-4,6-7,9-15H2,1H3/t16-,17-,19-/m1/s1. The monoisotopic (exact) mass is 351 g/mol. The summed E-state index contributed by atoms with van der Waals surface area (Å²) < 4.78 is 5.34. The third-order valence-corrected chi connectivity index (χ3v) is 5.97. The maximum Gasteiger partial charge on any atom is 0.246 e. The molecule has 142 valence electrons. The molecular formula is C19H33N3O3. The van der Waals surface area contributed by atoms with E-state index in [1.807, 2.05) is 13.1 Å². The molecule has 2 heterocycles. The Hall–Kier alpha value is -0.950. The quantitative estimate of drug-likeness (QED) is 0.740. The van der Waals surface area contributed by atoms with Crippen molar-refractivity contribution in [2.24, 2.45) is 0 Å². The van der Waals surface area contributed by atoms with Crippen molar-refractivity contribution in [1.29, 1.82) is 0 Å². The van der Waals surface area contributed by atoms with Crippen LogP contribution in [0.25, 0.3) is 0 Å². The summed E-state index contributed by atoms with van der Waals surface area (Å²) in [5.74, 6) is -0.000573. The van der Waals surface area contributed by atoms with E-state index in [1.54, 1.807) is 11.0 Å². The number of likely N-dealkylation sites (N-methyl/N-ethyl adjacent to an activating group) is 1. The van der Waals surface area contributed by atoms with Gasteiger partial charge >= 0.3 is 0 Å². The highest BCUT2D eigenvalue weighted by atomic mass is 16.5. The second-order valence-electron chi connectivity index (χ2n) is 7.56. The Labute approximate surface area is 151 Å². The van der Waals surface area contributed by atoms with Crippen LogP contribution in [-0.2, 0) is 9.53 Å². The normalized spacial score (nSPS) is 32.3. The van der Waals surface area contributed by atoms with E-state index in [1.165, 1.54) is 12.8 Å². The summed E-state index contributed by atoms with van der Waals surface area (Å²) in [5.41, 5.74) is 0. The maximum atomic E-state index is 12.5. The minimum atomic E-state index is -0.437. The first-order chi connectivity index (χ1) is 12.2. The summed E-state index contributed by atoms with van der Waals surface area (Å²) in [7, 11) is 1.83. The zero-order valence-electron chi connectivity index (χ0n) is 15.5. The van der Waals surface area contributed by atoms with Gasteiger partial charge in [0.2, 0.25) is 5.91 Å². The summed E-state index contributed by atoms with van der Waals surface area (Å²) in [4.78, 5) is 19.0. The highest BCUT2D eigenvalue weighted by Crippen LogP contribution is 2.29. The predicted octanol–water partition coefficient (Wildman–Crippen LogP) is 0.711. The highest BCUT2D eigenvalue weighted by molar-refractivity contribution is 5.87. The average Bonchev–Trinajstić information content (AvgIpc) is 3.16. The largest absolute Gasteiger partial charge is 0.389 e. The van der Waals surface area contributed by atoms with Crippen molar-refractivity contribution < 1.29 is 14.6 Å². The van der Waals surface area contributed by atoms with Crippen molar-refractivity contribution in [2.75, 3.05) is 53.0 Å². The number of likely N-dealkylation sites (tertiary alicyclic amines) is 1.